The average Bonchev–Trinajstić information content (AvgIpc) is 2.55. The molecule has 21 heavy (non-hydrogen) atoms. The molecule has 0 bridgehead atoms. The Labute approximate surface area is 126 Å². The third-order valence-electron chi connectivity index (χ3n) is 3.41. The number of nitrogens with zero attached hydrogens (tertiary/aromatic N) is 1. The highest BCUT2D eigenvalue weighted by molar-refractivity contribution is 6.11. The van der Waals surface area contributed by atoms with E-state index >= 15 is 0 Å². The number of aromatic nitrogens is 1. The van der Waals surface area contributed by atoms with Crippen LogP contribution in [0, 0.1) is 0 Å². The van der Waals surface area contributed by atoms with Gasteiger partial charge in [-0.25, -0.2) is 4.98 Å². The van der Waals surface area contributed by atoms with Gasteiger partial charge < -0.3 is 5.32 Å². The molecule has 2 aromatic rings. The highest BCUT2D eigenvalue weighted by atomic mass is 16.1. The summed E-state index contributed by atoms with van der Waals surface area (Å²) < 4.78 is 0. The van der Waals surface area contributed by atoms with Gasteiger partial charge in [0.25, 0.3) is 0 Å². The number of hydrogen-bond acceptors (Lipinski definition) is 3. The lowest BCUT2D eigenvalue weighted by Gasteiger charge is -2.10. The van der Waals surface area contributed by atoms with Crippen molar-refractivity contribution in [2.75, 3.05) is 11.9 Å². The van der Waals surface area contributed by atoms with Crippen LogP contribution in [-0.4, -0.2) is 17.3 Å². The molecule has 0 unspecified atom stereocenters. The normalized spacial score (nSPS) is 10.3. The fraction of sp³-hybridized carbons (Fsp3) is 0.333. The second kappa shape index (κ2) is 8.20. The van der Waals surface area contributed by atoms with Gasteiger partial charge in [0, 0.05) is 18.3 Å². The molecule has 110 valence electrons. The second-order valence-corrected chi connectivity index (χ2v) is 5.08. The Morgan fingerprint density at radius 1 is 1.05 bits per heavy atom. The topological polar surface area (TPSA) is 42.0 Å². The summed E-state index contributed by atoms with van der Waals surface area (Å²) in [5.41, 5.74) is 1.33. The van der Waals surface area contributed by atoms with Gasteiger partial charge in [0.1, 0.15) is 5.82 Å². The van der Waals surface area contributed by atoms with Crippen LogP contribution in [0.25, 0.3) is 0 Å². The molecule has 1 N–H and O–H groups in total. The van der Waals surface area contributed by atoms with Gasteiger partial charge in [-0.15, -0.1) is 0 Å². The van der Waals surface area contributed by atoms with Crippen molar-refractivity contribution >= 4 is 11.6 Å². The van der Waals surface area contributed by atoms with Crippen molar-refractivity contribution in [2.45, 2.75) is 32.6 Å². The molecule has 3 heteroatoms. The summed E-state index contributed by atoms with van der Waals surface area (Å²) in [5.74, 6) is 0.697. The molecule has 3 nitrogen and oxygen atoms in total. The molecule has 0 radical (unpaired) electrons. The SMILES string of the molecule is CCCCCCNc1ncccc1C(=O)c1ccccc1. The largest absolute Gasteiger partial charge is 0.369 e. The highest BCUT2D eigenvalue weighted by Crippen LogP contribution is 2.17. The van der Waals surface area contributed by atoms with Gasteiger partial charge in [0.15, 0.2) is 5.78 Å². The van der Waals surface area contributed by atoms with E-state index in [0.717, 1.165) is 13.0 Å². The monoisotopic (exact) mass is 282 g/mol. The molecule has 1 aromatic carbocycles. The molecule has 2 rings (SSSR count). The van der Waals surface area contributed by atoms with E-state index in [0.29, 0.717) is 16.9 Å². The number of unbranched alkanes of at least 4 members (excludes halogenated alkanes) is 3. The summed E-state index contributed by atoms with van der Waals surface area (Å²) in [6, 6.07) is 13.0. The van der Waals surface area contributed by atoms with Gasteiger partial charge >= 0.3 is 0 Å². The van der Waals surface area contributed by atoms with Crippen LogP contribution < -0.4 is 5.32 Å². The minimum absolute atomic E-state index is 0.0137. The Balaban J connectivity index is 2.05. The molecule has 1 heterocycles. The quantitative estimate of drug-likeness (QED) is 0.579. The van der Waals surface area contributed by atoms with E-state index < -0.39 is 0 Å². The number of ketones is 1. The van der Waals surface area contributed by atoms with Gasteiger partial charge in [-0.3, -0.25) is 4.79 Å². The van der Waals surface area contributed by atoms with Crippen LogP contribution in [0.3, 0.4) is 0 Å². The number of benzene rings is 1. The van der Waals surface area contributed by atoms with E-state index in [9.17, 15) is 4.79 Å². The van der Waals surface area contributed by atoms with E-state index in [1.165, 1.54) is 19.3 Å². The first-order valence-electron chi connectivity index (χ1n) is 7.61. The summed E-state index contributed by atoms with van der Waals surface area (Å²) in [7, 11) is 0. The van der Waals surface area contributed by atoms with Gasteiger partial charge in [0.05, 0.1) is 5.56 Å². The predicted molar refractivity (Wildman–Crippen MR) is 86.7 cm³/mol. The van der Waals surface area contributed by atoms with E-state index in [1.54, 1.807) is 12.3 Å². The molecule has 0 spiro atoms. The first-order valence-corrected chi connectivity index (χ1v) is 7.61. The fourth-order valence-corrected chi connectivity index (χ4v) is 2.23. The predicted octanol–water partition coefficient (Wildman–Crippen LogP) is 4.30. The maximum absolute atomic E-state index is 12.5. The number of hydrogen-bond donors (Lipinski definition) is 1. The van der Waals surface area contributed by atoms with Gasteiger partial charge in [0.2, 0.25) is 0 Å². The van der Waals surface area contributed by atoms with Crippen molar-refractivity contribution in [1.29, 1.82) is 0 Å². The zero-order valence-corrected chi connectivity index (χ0v) is 12.5. The van der Waals surface area contributed by atoms with Crippen LogP contribution in [-0.2, 0) is 0 Å². The fourth-order valence-electron chi connectivity index (χ4n) is 2.23. The lowest BCUT2D eigenvalue weighted by atomic mass is 10.0. The van der Waals surface area contributed by atoms with Crippen LogP contribution in [0.4, 0.5) is 5.82 Å². The second-order valence-electron chi connectivity index (χ2n) is 5.08. The third kappa shape index (κ3) is 4.42. The smallest absolute Gasteiger partial charge is 0.196 e. The lowest BCUT2D eigenvalue weighted by Crippen LogP contribution is -2.10. The van der Waals surface area contributed by atoms with E-state index in [2.05, 4.69) is 17.2 Å². The summed E-state index contributed by atoms with van der Waals surface area (Å²) in [6.45, 7) is 3.05. The van der Waals surface area contributed by atoms with Crippen molar-refractivity contribution in [2.24, 2.45) is 0 Å². The molecule has 0 aliphatic heterocycles. The molecule has 1 aromatic heterocycles. The molecule has 0 amide bonds. The number of carbonyl (C=O) groups excluding carboxylic acids is 1. The molecule has 0 saturated carbocycles. The summed E-state index contributed by atoms with van der Waals surface area (Å²) >= 11 is 0. The third-order valence-corrected chi connectivity index (χ3v) is 3.41. The standard InChI is InChI=1S/C18H22N2O/c1-2-3-4-8-13-19-18-16(12-9-14-20-18)17(21)15-10-6-5-7-11-15/h5-7,9-12,14H,2-4,8,13H2,1H3,(H,19,20). The lowest BCUT2D eigenvalue weighted by molar-refractivity contribution is 0.103. The Kier molecular flexibility index (Phi) is 5.95. The first-order chi connectivity index (χ1) is 10.3. The molecule has 0 saturated heterocycles. The van der Waals surface area contributed by atoms with Gasteiger partial charge in [-0.1, -0.05) is 56.5 Å². The van der Waals surface area contributed by atoms with E-state index in [4.69, 9.17) is 0 Å². The zero-order chi connectivity index (χ0) is 14.9. The highest BCUT2D eigenvalue weighted by Gasteiger charge is 2.13. The Bertz CT molecular complexity index is 566. The summed E-state index contributed by atoms with van der Waals surface area (Å²) in [5, 5.41) is 3.29. The van der Waals surface area contributed by atoms with Crippen molar-refractivity contribution in [3.05, 3.63) is 59.8 Å². The van der Waals surface area contributed by atoms with Crippen molar-refractivity contribution in [1.82, 2.24) is 4.98 Å². The summed E-state index contributed by atoms with van der Waals surface area (Å²) in [6.07, 6.45) is 6.50. The molecule has 0 fully saturated rings. The Morgan fingerprint density at radius 2 is 1.86 bits per heavy atom. The number of pyridine rings is 1. The van der Waals surface area contributed by atoms with Crippen molar-refractivity contribution in [3.63, 3.8) is 0 Å². The van der Waals surface area contributed by atoms with Crippen LogP contribution in [0.15, 0.2) is 48.7 Å². The first kappa shape index (κ1) is 15.2. The van der Waals surface area contributed by atoms with Crippen molar-refractivity contribution in [3.8, 4) is 0 Å². The maximum atomic E-state index is 12.5. The van der Waals surface area contributed by atoms with Gasteiger partial charge in [-0.05, 0) is 18.6 Å². The number of nitrogens with one attached hydrogen (secondary N) is 1. The van der Waals surface area contributed by atoms with Gasteiger partial charge in [-0.2, -0.15) is 0 Å². The molecular weight excluding hydrogens is 260 g/mol. The number of rotatable bonds is 8. The minimum atomic E-state index is 0.0137. The molecular formula is C18H22N2O. The van der Waals surface area contributed by atoms with E-state index in [1.807, 2.05) is 36.4 Å². The van der Waals surface area contributed by atoms with Crippen LogP contribution in [0.2, 0.25) is 0 Å². The van der Waals surface area contributed by atoms with E-state index in [-0.39, 0.29) is 5.78 Å². The number of anilines is 1. The zero-order valence-electron chi connectivity index (χ0n) is 12.5. The minimum Gasteiger partial charge on any atom is -0.369 e. The number of carbonyl (C=O) groups is 1. The maximum Gasteiger partial charge on any atom is 0.196 e. The molecule has 0 atom stereocenters. The molecule has 0 aliphatic carbocycles. The average molecular weight is 282 g/mol. The summed E-state index contributed by atoms with van der Waals surface area (Å²) in [4.78, 5) is 16.8. The van der Waals surface area contributed by atoms with Crippen LogP contribution >= 0.6 is 0 Å². The van der Waals surface area contributed by atoms with Crippen LogP contribution in [0.5, 0.6) is 0 Å². The Morgan fingerprint density at radius 3 is 2.62 bits per heavy atom. The van der Waals surface area contributed by atoms with Crippen molar-refractivity contribution < 1.29 is 4.79 Å². The van der Waals surface area contributed by atoms with Crippen LogP contribution in [0.1, 0.15) is 48.5 Å². The molecule has 0 aliphatic rings. The Hall–Kier alpha value is -2.16.